The molecule has 7 rings (SSSR count). The molecule has 4 heterocycles. The molecule has 13 heteroatoms. The molecule has 2 saturated heterocycles. The molecule has 3 aromatic carbocycles. The van der Waals surface area contributed by atoms with Gasteiger partial charge in [0.15, 0.2) is 0 Å². The van der Waals surface area contributed by atoms with Crippen molar-refractivity contribution in [3.63, 3.8) is 0 Å². The number of carbonyl (C=O) groups excluding carboxylic acids is 2. The van der Waals surface area contributed by atoms with E-state index in [9.17, 15) is 22.8 Å². The summed E-state index contributed by atoms with van der Waals surface area (Å²) in [6.45, 7) is 6.80. The molecule has 2 amide bonds. The Kier molecular flexibility index (Phi) is 10.4. The number of hydrogen-bond donors (Lipinski definition) is 2. The minimum atomic E-state index is -2.95. The Morgan fingerprint density at radius 2 is 1.69 bits per heavy atom. The maximum atomic E-state index is 15.6. The van der Waals surface area contributed by atoms with Gasteiger partial charge in [-0.3, -0.25) is 24.8 Å². The number of pyridine rings is 1. The maximum Gasteiger partial charge on any atom is 0.266 e. The molecule has 2 unspecified atom stereocenters. The zero-order valence-corrected chi connectivity index (χ0v) is 30.0. The van der Waals surface area contributed by atoms with E-state index in [1.807, 2.05) is 13.0 Å². The average Bonchev–Trinajstić information content (AvgIpc) is 3.12. The lowest BCUT2D eigenvalue weighted by Crippen LogP contribution is -2.39. The van der Waals surface area contributed by atoms with Gasteiger partial charge >= 0.3 is 0 Å². The normalized spacial score (nSPS) is 17.6. The first-order valence-corrected chi connectivity index (χ1v) is 18.0. The van der Waals surface area contributed by atoms with Crippen LogP contribution in [-0.2, 0) is 16.1 Å². The Hall–Kier alpha value is -5.30. The summed E-state index contributed by atoms with van der Waals surface area (Å²) >= 11 is 0. The van der Waals surface area contributed by atoms with Crippen molar-refractivity contribution in [3.8, 4) is 11.3 Å². The molecule has 0 aliphatic carbocycles. The van der Waals surface area contributed by atoms with Crippen molar-refractivity contribution in [2.75, 3.05) is 18.4 Å². The third-order valence-electron chi connectivity index (χ3n) is 10.5. The lowest BCUT2D eigenvalue weighted by molar-refractivity contribution is -0.134. The molecule has 0 saturated carbocycles. The summed E-state index contributed by atoms with van der Waals surface area (Å²) in [7, 11) is 0. The number of nitrogens with zero attached hydrogens (tertiary/aromatic N) is 4. The van der Waals surface area contributed by atoms with E-state index in [-0.39, 0.29) is 35.4 Å². The Labute approximate surface area is 309 Å². The summed E-state index contributed by atoms with van der Waals surface area (Å²) < 4.78 is 72.6. The zero-order chi connectivity index (χ0) is 38.3. The molecule has 5 aromatic rings. The van der Waals surface area contributed by atoms with Crippen molar-refractivity contribution in [3.05, 3.63) is 117 Å². The van der Waals surface area contributed by atoms with E-state index in [2.05, 4.69) is 30.5 Å². The molecule has 0 bridgehead atoms. The second-order valence-corrected chi connectivity index (χ2v) is 14.2. The second-order valence-electron chi connectivity index (χ2n) is 14.2. The van der Waals surface area contributed by atoms with Crippen molar-refractivity contribution in [2.24, 2.45) is 0 Å². The highest BCUT2D eigenvalue weighted by molar-refractivity contribution is 6.01. The maximum absolute atomic E-state index is 15.6. The van der Waals surface area contributed by atoms with Gasteiger partial charge < -0.3 is 5.32 Å². The van der Waals surface area contributed by atoms with Gasteiger partial charge in [0.05, 0.1) is 34.9 Å². The summed E-state index contributed by atoms with van der Waals surface area (Å²) in [4.78, 5) is 39.7. The predicted octanol–water partition coefficient (Wildman–Crippen LogP) is 8.74. The smallest absolute Gasteiger partial charge is 0.266 e. The van der Waals surface area contributed by atoms with Crippen LogP contribution < -0.4 is 10.6 Å². The molecule has 2 N–H and O–H groups in total. The van der Waals surface area contributed by atoms with E-state index in [1.165, 1.54) is 24.3 Å². The monoisotopic (exact) mass is 742 g/mol. The molecule has 0 radical (unpaired) electrons. The van der Waals surface area contributed by atoms with Crippen molar-refractivity contribution in [1.82, 2.24) is 25.2 Å². The Bertz CT molecular complexity index is 2230. The molecular weight excluding hydrogens is 703 g/mol. The number of alkyl halides is 2. The van der Waals surface area contributed by atoms with Gasteiger partial charge in [-0.25, -0.2) is 31.9 Å². The number of aromatic nitrogens is 3. The average molecular weight is 743 g/mol. The van der Waals surface area contributed by atoms with E-state index in [1.54, 1.807) is 38.2 Å². The highest BCUT2D eigenvalue weighted by Gasteiger charge is 2.31. The van der Waals surface area contributed by atoms with E-state index in [4.69, 9.17) is 0 Å². The van der Waals surface area contributed by atoms with Gasteiger partial charge in [-0.05, 0) is 106 Å². The standard InChI is InChI=1S/C41H39F5N6O2/c1-21-15-26(29-8-10-36(53)51-41(29)54)17-33(43)37(21)24-11-13-52(14-12-24)20-27-16-25(7-9-32(27)42)34-18-31-35(19-47-34)49-23(3)50-40(31)48-22(2)28-5-4-6-30(38(28)44)39(45)46/h4-7,9,15-19,22,24,29,39H,8,10-14,20H2,1-3H3,(H,48,49,50)(H,51,53,54). The van der Waals surface area contributed by atoms with Crippen molar-refractivity contribution in [2.45, 2.75) is 77.3 Å². The molecule has 0 spiro atoms. The van der Waals surface area contributed by atoms with Crippen LogP contribution in [0.3, 0.4) is 0 Å². The molecule has 2 fully saturated rings. The van der Waals surface area contributed by atoms with Crippen LogP contribution in [0.1, 0.15) is 96.1 Å². The van der Waals surface area contributed by atoms with Gasteiger partial charge in [-0.1, -0.05) is 24.3 Å². The highest BCUT2D eigenvalue weighted by Crippen LogP contribution is 2.37. The number of benzene rings is 3. The largest absolute Gasteiger partial charge is 0.363 e. The van der Waals surface area contributed by atoms with Gasteiger partial charge in [-0.2, -0.15) is 0 Å². The number of imide groups is 1. The number of rotatable bonds is 9. The molecule has 2 atom stereocenters. The van der Waals surface area contributed by atoms with Gasteiger partial charge in [0.2, 0.25) is 11.8 Å². The lowest BCUT2D eigenvalue weighted by atomic mass is 9.83. The number of hydrogen-bond acceptors (Lipinski definition) is 7. The van der Waals surface area contributed by atoms with Gasteiger partial charge in [0, 0.05) is 35.0 Å². The third-order valence-corrected chi connectivity index (χ3v) is 10.5. The van der Waals surface area contributed by atoms with Crippen molar-refractivity contribution in [1.29, 1.82) is 0 Å². The van der Waals surface area contributed by atoms with Crippen LogP contribution in [0.5, 0.6) is 0 Å². The van der Waals surface area contributed by atoms with E-state index < -0.39 is 35.7 Å². The quantitative estimate of drug-likeness (QED) is 0.115. The number of fused-ring (bicyclic) bond motifs is 1. The number of amides is 2. The molecular formula is C41H39F5N6O2. The molecule has 2 aromatic heterocycles. The molecule has 8 nitrogen and oxygen atoms in total. The fourth-order valence-electron chi connectivity index (χ4n) is 7.76. The van der Waals surface area contributed by atoms with E-state index in [0.29, 0.717) is 89.4 Å². The Morgan fingerprint density at radius 3 is 2.41 bits per heavy atom. The summed E-state index contributed by atoms with van der Waals surface area (Å²) in [5.41, 5.74) is 3.57. The summed E-state index contributed by atoms with van der Waals surface area (Å²) in [5, 5.41) is 6.08. The number of aryl methyl sites for hydroxylation is 2. The zero-order valence-electron chi connectivity index (χ0n) is 30.0. The number of nitrogens with one attached hydrogen (secondary N) is 2. The van der Waals surface area contributed by atoms with Crippen LogP contribution >= 0.6 is 0 Å². The number of carbonyl (C=O) groups is 2. The minimum absolute atomic E-state index is 0.0313. The Balaban J connectivity index is 1.06. The van der Waals surface area contributed by atoms with Crippen molar-refractivity contribution < 1.29 is 31.5 Å². The van der Waals surface area contributed by atoms with Gasteiger partial charge in [-0.15, -0.1) is 0 Å². The van der Waals surface area contributed by atoms with Crippen LogP contribution in [0, 0.1) is 31.3 Å². The topological polar surface area (TPSA) is 100 Å². The number of anilines is 1. The SMILES string of the molecule is Cc1nc(NC(C)c2cccc(C(F)F)c2F)c2cc(-c3ccc(F)c(CN4CCC(c5c(C)cc(C6CCC(=O)NC6=O)cc5F)CC4)c3)ncc2n1. The summed E-state index contributed by atoms with van der Waals surface area (Å²) in [6, 6.07) is 13.0. The fraction of sp³-hybridized carbons (Fsp3) is 0.341. The number of piperidine rings is 2. The summed E-state index contributed by atoms with van der Waals surface area (Å²) in [6.07, 6.45) is 0.554. The molecule has 54 heavy (non-hydrogen) atoms. The first-order chi connectivity index (χ1) is 25.9. The predicted molar refractivity (Wildman–Crippen MR) is 194 cm³/mol. The van der Waals surface area contributed by atoms with Gasteiger partial charge in [0.25, 0.3) is 6.43 Å². The van der Waals surface area contributed by atoms with E-state index >= 15 is 8.78 Å². The fourth-order valence-corrected chi connectivity index (χ4v) is 7.76. The number of halogens is 5. The third kappa shape index (κ3) is 7.54. The van der Waals surface area contributed by atoms with Crippen LogP contribution in [0.25, 0.3) is 22.2 Å². The summed E-state index contributed by atoms with van der Waals surface area (Å²) in [5.74, 6) is -2.18. The molecule has 2 aliphatic heterocycles. The second kappa shape index (κ2) is 15.2. The van der Waals surface area contributed by atoms with Crippen LogP contribution in [0.15, 0.2) is 60.8 Å². The molecule has 280 valence electrons. The lowest BCUT2D eigenvalue weighted by Gasteiger charge is -2.33. The van der Waals surface area contributed by atoms with Crippen LogP contribution in [0.4, 0.5) is 27.8 Å². The Morgan fingerprint density at radius 1 is 0.926 bits per heavy atom. The first-order valence-electron chi connectivity index (χ1n) is 18.0. The van der Waals surface area contributed by atoms with Gasteiger partial charge in [0.1, 0.15) is 29.1 Å². The number of likely N-dealkylation sites (tertiary alicyclic amines) is 1. The van der Waals surface area contributed by atoms with Crippen LogP contribution in [-0.4, -0.2) is 44.8 Å². The van der Waals surface area contributed by atoms with E-state index in [0.717, 1.165) is 11.6 Å². The van der Waals surface area contributed by atoms with Crippen LogP contribution in [0.2, 0.25) is 0 Å². The first kappa shape index (κ1) is 37.0. The minimum Gasteiger partial charge on any atom is -0.363 e. The highest BCUT2D eigenvalue weighted by atomic mass is 19.3. The molecule has 2 aliphatic rings. The van der Waals surface area contributed by atoms with Crippen molar-refractivity contribution >= 4 is 28.5 Å².